The molecule has 0 saturated carbocycles. The predicted octanol–water partition coefficient (Wildman–Crippen LogP) is -0.750. The summed E-state index contributed by atoms with van der Waals surface area (Å²) in [5.74, 6) is 0.376. The fraction of sp³-hybridized carbons (Fsp3) is 0.769. The lowest BCUT2D eigenvalue weighted by atomic mass is 9.84. The van der Waals surface area contributed by atoms with Gasteiger partial charge in [-0.15, -0.1) is 0 Å². The van der Waals surface area contributed by atoms with Gasteiger partial charge in [0.2, 0.25) is 17.7 Å². The minimum absolute atomic E-state index is 0.0295. The number of nitrogens with one attached hydrogen (secondary N) is 2. The second-order valence-corrected chi connectivity index (χ2v) is 5.75. The van der Waals surface area contributed by atoms with E-state index < -0.39 is 0 Å². The summed E-state index contributed by atoms with van der Waals surface area (Å²) in [6.45, 7) is 1.87. The number of hydrogen-bond donors (Lipinski definition) is 2. The molecule has 0 aromatic carbocycles. The van der Waals surface area contributed by atoms with Crippen LogP contribution in [-0.2, 0) is 14.4 Å². The lowest BCUT2D eigenvalue weighted by Gasteiger charge is -2.42. The first-order valence-electron chi connectivity index (χ1n) is 6.98. The van der Waals surface area contributed by atoms with Crippen molar-refractivity contribution >= 4 is 17.7 Å². The van der Waals surface area contributed by atoms with Gasteiger partial charge in [-0.3, -0.25) is 14.4 Å². The van der Waals surface area contributed by atoms with E-state index in [0.717, 1.165) is 12.8 Å². The summed E-state index contributed by atoms with van der Waals surface area (Å²) < 4.78 is 0. The first-order valence-corrected chi connectivity index (χ1v) is 6.98. The molecule has 19 heavy (non-hydrogen) atoms. The van der Waals surface area contributed by atoms with E-state index in [1.165, 1.54) is 0 Å². The third kappa shape index (κ3) is 2.43. The molecule has 2 N–H and O–H groups in total. The van der Waals surface area contributed by atoms with Crippen molar-refractivity contribution in [3.05, 3.63) is 0 Å². The maximum atomic E-state index is 12.3. The van der Waals surface area contributed by atoms with E-state index in [-0.39, 0.29) is 29.7 Å². The normalized spacial score (nSPS) is 34.5. The van der Waals surface area contributed by atoms with Gasteiger partial charge < -0.3 is 15.5 Å². The number of hydrogen-bond acceptors (Lipinski definition) is 3. The van der Waals surface area contributed by atoms with Gasteiger partial charge in [-0.05, 0) is 18.8 Å². The van der Waals surface area contributed by atoms with Gasteiger partial charge in [-0.1, -0.05) is 0 Å². The van der Waals surface area contributed by atoms with E-state index >= 15 is 0 Å². The van der Waals surface area contributed by atoms with Gasteiger partial charge in [-0.25, -0.2) is 0 Å². The Bertz CT molecular complexity index is 423. The smallest absolute Gasteiger partial charge is 0.227 e. The molecule has 6 nitrogen and oxygen atoms in total. The number of fused-ring (bicyclic) bond motifs is 1. The second kappa shape index (κ2) is 4.83. The Balaban J connectivity index is 1.60. The molecule has 3 rings (SSSR count). The Morgan fingerprint density at radius 3 is 2.79 bits per heavy atom. The molecular weight excluding hydrogens is 246 g/mol. The average Bonchev–Trinajstić information content (AvgIpc) is 2.84. The lowest BCUT2D eigenvalue weighted by molar-refractivity contribution is -0.139. The summed E-state index contributed by atoms with van der Waals surface area (Å²) in [6, 6.07) is 0.230. The van der Waals surface area contributed by atoms with Gasteiger partial charge >= 0.3 is 0 Å². The van der Waals surface area contributed by atoms with Gasteiger partial charge in [0.25, 0.3) is 0 Å². The minimum Gasteiger partial charge on any atom is -0.355 e. The van der Waals surface area contributed by atoms with Crippen LogP contribution in [0.1, 0.15) is 25.7 Å². The van der Waals surface area contributed by atoms with Gasteiger partial charge in [0.05, 0.1) is 5.92 Å². The number of likely N-dealkylation sites (tertiary alicyclic amines) is 1. The number of amides is 3. The molecule has 3 amide bonds. The molecule has 0 bridgehead atoms. The van der Waals surface area contributed by atoms with Crippen LogP contribution in [0.25, 0.3) is 0 Å². The predicted molar refractivity (Wildman–Crippen MR) is 67.0 cm³/mol. The van der Waals surface area contributed by atoms with E-state index in [2.05, 4.69) is 10.6 Å². The van der Waals surface area contributed by atoms with Crippen LogP contribution in [0.3, 0.4) is 0 Å². The quantitative estimate of drug-likeness (QED) is 0.655. The van der Waals surface area contributed by atoms with Gasteiger partial charge in [0, 0.05) is 38.5 Å². The Morgan fingerprint density at radius 1 is 1.21 bits per heavy atom. The van der Waals surface area contributed by atoms with Crippen LogP contribution < -0.4 is 10.6 Å². The largest absolute Gasteiger partial charge is 0.355 e. The van der Waals surface area contributed by atoms with Crippen molar-refractivity contribution in [3.63, 3.8) is 0 Å². The topological polar surface area (TPSA) is 78.5 Å². The molecule has 3 atom stereocenters. The summed E-state index contributed by atoms with van der Waals surface area (Å²) in [5, 5.41) is 5.72. The first kappa shape index (κ1) is 12.4. The molecule has 3 heterocycles. The van der Waals surface area contributed by atoms with Crippen LogP contribution in [0.15, 0.2) is 0 Å². The molecule has 3 aliphatic heterocycles. The third-order valence-electron chi connectivity index (χ3n) is 4.46. The first-order chi connectivity index (χ1) is 9.13. The SMILES string of the molecule is O=C1CC(C(=O)N2CCC3NC(=O)CCC3C2)CN1. The van der Waals surface area contributed by atoms with Crippen molar-refractivity contribution in [1.29, 1.82) is 0 Å². The summed E-state index contributed by atoms with van der Waals surface area (Å²) in [4.78, 5) is 36.7. The van der Waals surface area contributed by atoms with Crippen LogP contribution in [0, 0.1) is 11.8 Å². The minimum atomic E-state index is -0.192. The second-order valence-electron chi connectivity index (χ2n) is 5.75. The van der Waals surface area contributed by atoms with Crippen LogP contribution in [0.4, 0.5) is 0 Å². The summed E-state index contributed by atoms with van der Waals surface area (Å²) >= 11 is 0. The molecule has 0 aliphatic carbocycles. The van der Waals surface area contributed by atoms with Crippen molar-refractivity contribution in [1.82, 2.24) is 15.5 Å². The van der Waals surface area contributed by atoms with E-state index in [0.29, 0.717) is 38.4 Å². The van der Waals surface area contributed by atoms with E-state index in [4.69, 9.17) is 0 Å². The zero-order valence-electron chi connectivity index (χ0n) is 10.9. The highest BCUT2D eigenvalue weighted by molar-refractivity contribution is 5.89. The number of nitrogens with zero attached hydrogens (tertiary/aromatic N) is 1. The molecule has 6 heteroatoms. The Labute approximate surface area is 111 Å². The highest BCUT2D eigenvalue weighted by Crippen LogP contribution is 2.27. The maximum absolute atomic E-state index is 12.3. The molecule has 3 aliphatic rings. The van der Waals surface area contributed by atoms with Gasteiger partial charge in [0.1, 0.15) is 0 Å². The highest BCUT2D eigenvalue weighted by Gasteiger charge is 2.38. The standard InChI is InChI=1S/C13H19N3O3/c17-11-2-1-8-7-16(4-3-10(8)15-11)13(19)9-5-12(18)14-6-9/h8-10H,1-7H2,(H,14,18)(H,15,17). The monoisotopic (exact) mass is 265 g/mol. The zero-order valence-corrected chi connectivity index (χ0v) is 10.9. The molecule has 0 radical (unpaired) electrons. The molecule has 3 fully saturated rings. The van der Waals surface area contributed by atoms with Crippen molar-refractivity contribution in [2.75, 3.05) is 19.6 Å². The number of piperidine rings is 2. The van der Waals surface area contributed by atoms with Gasteiger partial charge in [-0.2, -0.15) is 0 Å². The molecule has 0 aromatic heterocycles. The van der Waals surface area contributed by atoms with Crippen molar-refractivity contribution in [2.45, 2.75) is 31.7 Å². The summed E-state index contributed by atoms with van der Waals surface area (Å²) in [6.07, 6.45) is 2.57. The number of carbonyl (C=O) groups excluding carboxylic acids is 3. The maximum Gasteiger partial charge on any atom is 0.227 e. The van der Waals surface area contributed by atoms with Crippen LogP contribution in [-0.4, -0.2) is 48.3 Å². The lowest BCUT2D eigenvalue weighted by Crippen LogP contribution is -2.55. The van der Waals surface area contributed by atoms with Crippen LogP contribution in [0.5, 0.6) is 0 Å². The van der Waals surface area contributed by atoms with E-state index in [1.54, 1.807) is 0 Å². The molecule has 0 spiro atoms. The fourth-order valence-corrected chi connectivity index (χ4v) is 3.35. The molecule has 3 unspecified atom stereocenters. The Kier molecular flexibility index (Phi) is 3.16. The molecule has 0 aromatic rings. The van der Waals surface area contributed by atoms with Crippen molar-refractivity contribution in [3.8, 4) is 0 Å². The fourth-order valence-electron chi connectivity index (χ4n) is 3.35. The van der Waals surface area contributed by atoms with E-state index in [9.17, 15) is 14.4 Å². The van der Waals surface area contributed by atoms with Crippen LogP contribution in [0.2, 0.25) is 0 Å². The van der Waals surface area contributed by atoms with Crippen molar-refractivity contribution < 1.29 is 14.4 Å². The molecular formula is C13H19N3O3. The molecule has 3 saturated heterocycles. The van der Waals surface area contributed by atoms with Gasteiger partial charge in [0.15, 0.2) is 0 Å². The third-order valence-corrected chi connectivity index (χ3v) is 4.46. The number of carbonyl (C=O) groups is 3. The van der Waals surface area contributed by atoms with Crippen LogP contribution >= 0.6 is 0 Å². The highest BCUT2D eigenvalue weighted by atomic mass is 16.2. The summed E-state index contributed by atoms with van der Waals surface area (Å²) in [7, 11) is 0. The Hall–Kier alpha value is -1.59. The van der Waals surface area contributed by atoms with E-state index in [1.807, 2.05) is 4.90 Å². The average molecular weight is 265 g/mol. The molecule has 104 valence electrons. The van der Waals surface area contributed by atoms with Crippen molar-refractivity contribution in [2.24, 2.45) is 11.8 Å². The number of rotatable bonds is 1. The zero-order chi connectivity index (χ0) is 13.4. The Morgan fingerprint density at radius 2 is 2.05 bits per heavy atom. The summed E-state index contributed by atoms with van der Waals surface area (Å²) in [5.41, 5.74) is 0.